The first-order valence-corrected chi connectivity index (χ1v) is 8.07. The smallest absolute Gasteiger partial charge is 0.0486 e. The highest BCUT2D eigenvalue weighted by Gasteiger charge is 2.23. The molecule has 3 heterocycles. The Balaban J connectivity index is 0.00000156. The molecular weight excluding hydrogens is 306 g/mol. The number of benzene rings is 1. The summed E-state index contributed by atoms with van der Waals surface area (Å²) in [5.74, 6) is 0. The maximum atomic E-state index is 4.11. The van der Waals surface area contributed by atoms with Crippen LogP contribution in [0.4, 0.5) is 0 Å². The summed E-state index contributed by atoms with van der Waals surface area (Å²) in [6, 6.07) is 13.5. The standard InChI is InChI=1S/C19H21N3.ClH/c1-14-19-16-4-2-3-5-17(16)22(18(19)8-12-21-14)13-9-15-6-10-20-11-7-15;/h2-7,10-11,14,21H,8-9,12-13H2,1H3;1H. The van der Waals surface area contributed by atoms with Crippen LogP contribution in [0.15, 0.2) is 48.8 Å². The van der Waals surface area contributed by atoms with Crippen molar-refractivity contribution in [1.82, 2.24) is 14.9 Å². The second kappa shape index (κ2) is 6.73. The van der Waals surface area contributed by atoms with Crippen molar-refractivity contribution in [2.75, 3.05) is 6.54 Å². The summed E-state index contributed by atoms with van der Waals surface area (Å²) in [5.41, 5.74) is 5.73. The van der Waals surface area contributed by atoms with Crippen LogP contribution in [-0.2, 0) is 19.4 Å². The molecule has 0 amide bonds. The molecule has 120 valence electrons. The van der Waals surface area contributed by atoms with Gasteiger partial charge in [-0.3, -0.25) is 4.98 Å². The fourth-order valence-electron chi connectivity index (χ4n) is 3.69. The molecule has 0 radical (unpaired) electrons. The molecule has 4 rings (SSSR count). The molecule has 3 aromatic rings. The number of hydrogen-bond acceptors (Lipinski definition) is 2. The molecule has 0 fully saturated rings. The van der Waals surface area contributed by atoms with Crippen LogP contribution in [0.1, 0.15) is 29.8 Å². The molecule has 23 heavy (non-hydrogen) atoms. The van der Waals surface area contributed by atoms with Crippen molar-refractivity contribution in [2.45, 2.75) is 32.4 Å². The average Bonchev–Trinajstić information content (AvgIpc) is 2.89. The molecule has 0 saturated carbocycles. The van der Waals surface area contributed by atoms with E-state index in [2.05, 4.69) is 58.2 Å². The largest absolute Gasteiger partial charge is 0.344 e. The lowest BCUT2D eigenvalue weighted by Crippen LogP contribution is -2.28. The van der Waals surface area contributed by atoms with Crippen molar-refractivity contribution in [3.63, 3.8) is 0 Å². The lowest BCUT2D eigenvalue weighted by atomic mass is 9.99. The summed E-state index contributed by atoms with van der Waals surface area (Å²) in [7, 11) is 0. The van der Waals surface area contributed by atoms with Gasteiger partial charge in [-0.2, -0.15) is 0 Å². The van der Waals surface area contributed by atoms with Crippen molar-refractivity contribution in [2.24, 2.45) is 0 Å². The Labute approximate surface area is 143 Å². The summed E-state index contributed by atoms with van der Waals surface area (Å²) in [6.07, 6.45) is 5.93. The minimum absolute atomic E-state index is 0. The molecular formula is C19H22ClN3. The third-order valence-corrected chi connectivity index (χ3v) is 4.74. The van der Waals surface area contributed by atoms with Gasteiger partial charge in [0, 0.05) is 54.5 Å². The normalized spacial score (nSPS) is 16.8. The van der Waals surface area contributed by atoms with E-state index in [-0.39, 0.29) is 12.4 Å². The van der Waals surface area contributed by atoms with Gasteiger partial charge in [-0.15, -0.1) is 12.4 Å². The number of hydrogen-bond donors (Lipinski definition) is 1. The van der Waals surface area contributed by atoms with E-state index in [0.717, 1.165) is 25.9 Å². The van der Waals surface area contributed by atoms with E-state index in [1.807, 2.05) is 12.4 Å². The van der Waals surface area contributed by atoms with E-state index in [0.29, 0.717) is 6.04 Å². The van der Waals surface area contributed by atoms with E-state index >= 15 is 0 Å². The molecule has 0 aliphatic carbocycles. The molecule has 1 unspecified atom stereocenters. The summed E-state index contributed by atoms with van der Waals surface area (Å²) < 4.78 is 2.53. The molecule has 1 N–H and O–H groups in total. The van der Waals surface area contributed by atoms with E-state index in [1.54, 1.807) is 0 Å². The summed E-state index contributed by atoms with van der Waals surface area (Å²) >= 11 is 0. The van der Waals surface area contributed by atoms with Crippen LogP contribution in [-0.4, -0.2) is 16.1 Å². The molecule has 1 atom stereocenters. The summed E-state index contributed by atoms with van der Waals surface area (Å²) in [4.78, 5) is 4.11. The van der Waals surface area contributed by atoms with Crippen LogP contribution in [0.25, 0.3) is 10.9 Å². The number of pyridine rings is 1. The predicted octanol–water partition coefficient (Wildman–Crippen LogP) is 3.91. The monoisotopic (exact) mass is 327 g/mol. The van der Waals surface area contributed by atoms with Crippen LogP contribution in [0.3, 0.4) is 0 Å². The highest BCUT2D eigenvalue weighted by molar-refractivity contribution is 5.86. The summed E-state index contributed by atoms with van der Waals surface area (Å²) in [6.45, 7) is 4.38. The molecule has 1 aliphatic heterocycles. The van der Waals surface area contributed by atoms with E-state index < -0.39 is 0 Å². The predicted molar refractivity (Wildman–Crippen MR) is 97.2 cm³/mol. The number of rotatable bonds is 3. The molecule has 2 aromatic heterocycles. The van der Waals surface area contributed by atoms with Gasteiger partial charge in [0.2, 0.25) is 0 Å². The fourth-order valence-corrected chi connectivity index (χ4v) is 3.69. The number of halogens is 1. The number of nitrogens with one attached hydrogen (secondary N) is 1. The highest BCUT2D eigenvalue weighted by atomic mass is 35.5. The van der Waals surface area contributed by atoms with Gasteiger partial charge in [-0.1, -0.05) is 18.2 Å². The first kappa shape index (κ1) is 16.0. The Hall–Kier alpha value is -1.84. The van der Waals surface area contributed by atoms with Crippen LogP contribution in [0, 0.1) is 0 Å². The zero-order valence-electron chi connectivity index (χ0n) is 13.3. The summed E-state index contributed by atoms with van der Waals surface area (Å²) in [5, 5.41) is 5.01. The maximum absolute atomic E-state index is 4.11. The molecule has 1 aromatic carbocycles. The Kier molecular flexibility index (Phi) is 4.69. The zero-order valence-corrected chi connectivity index (χ0v) is 14.1. The van der Waals surface area contributed by atoms with Crippen molar-refractivity contribution in [3.05, 3.63) is 65.6 Å². The van der Waals surface area contributed by atoms with Gasteiger partial charge in [0.25, 0.3) is 0 Å². The number of aryl methyl sites for hydroxylation is 2. The van der Waals surface area contributed by atoms with Gasteiger partial charge >= 0.3 is 0 Å². The van der Waals surface area contributed by atoms with Crippen molar-refractivity contribution >= 4 is 23.3 Å². The average molecular weight is 328 g/mol. The van der Waals surface area contributed by atoms with Crippen LogP contribution in [0.2, 0.25) is 0 Å². The Morgan fingerprint density at radius 1 is 1.17 bits per heavy atom. The Morgan fingerprint density at radius 2 is 1.96 bits per heavy atom. The topological polar surface area (TPSA) is 29.9 Å². The minimum atomic E-state index is 0. The molecule has 0 bridgehead atoms. The molecule has 4 heteroatoms. The lowest BCUT2D eigenvalue weighted by molar-refractivity contribution is 0.521. The molecule has 0 spiro atoms. The van der Waals surface area contributed by atoms with Gasteiger partial charge in [0.05, 0.1) is 0 Å². The van der Waals surface area contributed by atoms with Crippen LogP contribution >= 0.6 is 12.4 Å². The third kappa shape index (κ3) is 2.87. The van der Waals surface area contributed by atoms with Crippen molar-refractivity contribution in [3.8, 4) is 0 Å². The molecule has 0 saturated heterocycles. The fraction of sp³-hybridized carbons (Fsp3) is 0.316. The van der Waals surface area contributed by atoms with Crippen molar-refractivity contribution in [1.29, 1.82) is 0 Å². The quantitative estimate of drug-likeness (QED) is 0.790. The van der Waals surface area contributed by atoms with Gasteiger partial charge < -0.3 is 9.88 Å². The molecule has 1 aliphatic rings. The number of fused-ring (bicyclic) bond motifs is 3. The van der Waals surface area contributed by atoms with Crippen molar-refractivity contribution < 1.29 is 0 Å². The van der Waals surface area contributed by atoms with Gasteiger partial charge in [0.15, 0.2) is 0 Å². The van der Waals surface area contributed by atoms with E-state index in [1.165, 1.54) is 27.7 Å². The Bertz CT molecular complexity index is 795. The first-order chi connectivity index (χ1) is 10.8. The van der Waals surface area contributed by atoms with Gasteiger partial charge in [0.1, 0.15) is 0 Å². The maximum Gasteiger partial charge on any atom is 0.0486 e. The zero-order chi connectivity index (χ0) is 14.9. The number of nitrogens with zero attached hydrogens (tertiary/aromatic N) is 2. The number of aromatic nitrogens is 2. The van der Waals surface area contributed by atoms with E-state index in [4.69, 9.17) is 0 Å². The highest BCUT2D eigenvalue weighted by Crippen LogP contribution is 2.33. The second-order valence-electron chi connectivity index (χ2n) is 6.06. The van der Waals surface area contributed by atoms with E-state index in [9.17, 15) is 0 Å². The second-order valence-corrected chi connectivity index (χ2v) is 6.06. The number of para-hydroxylation sites is 1. The van der Waals surface area contributed by atoms with Crippen LogP contribution in [0.5, 0.6) is 0 Å². The van der Waals surface area contributed by atoms with Crippen LogP contribution < -0.4 is 5.32 Å². The Morgan fingerprint density at radius 3 is 2.78 bits per heavy atom. The first-order valence-electron chi connectivity index (χ1n) is 8.07. The SMILES string of the molecule is CC1NCCc2c1c1ccccc1n2CCc1ccncc1.Cl. The van der Waals surface area contributed by atoms with Gasteiger partial charge in [-0.05, 0) is 42.7 Å². The molecule has 3 nitrogen and oxygen atoms in total. The minimum Gasteiger partial charge on any atom is -0.344 e. The van der Waals surface area contributed by atoms with Gasteiger partial charge in [-0.25, -0.2) is 0 Å². The third-order valence-electron chi connectivity index (χ3n) is 4.74. The lowest BCUT2D eigenvalue weighted by Gasteiger charge is -2.23.